The average molecular weight is 365 g/mol. The van der Waals surface area contributed by atoms with Crippen molar-refractivity contribution in [3.63, 3.8) is 0 Å². The van der Waals surface area contributed by atoms with E-state index in [2.05, 4.69) is 15.5 Å². The molecule has 1 atom stereocenters. The number of nitrogens with one attached hydrogen (secondary N) is 2. The van der Waals surface area contributed by atoms with Crippen LogP contribution >= 0.6 is 0 Å². The van der Waals surface area contributed by atoms with Gasteiger partial charge < -0.3 is 10.6 Å². The lowest BCUT2D eigenvalue weighted by Crippen LogP contribution is -2.63. The Morgan fingerprint density at radius 1 is 1.12 bits per heavy atom. The largest absolute Gasteiger partial charge is 0.353 e. The van der Waals surface area contributed by atoms with Crippen LogP contribution in [0, 0.1) is 0 Å². The molecule has 3 fully saturated rings. The molecule has 0 aromatic carbocycles. The van der Waals surface area contributed by atoms with E-state index in [1.54, 1.807) is 0 Å². The van der Waals surface area contributed by atoms with Crippen LogP contribution in [0.3, 0.4) is 0 Å². The van der Waals surface area contributed by atoms with E-state index < -0.39 is 5.54 Å². The highest BCUT2D eigenvalue weighted by atomic mass is 16.2. The maximum Gasteiger partial charge on any atom is 0.240 e. The summed E-state index contributed by atoms with van der Waals surface area (Å²) in [7, 11) is 0. The van der Waals surface area contributed by atoms with Gasteiger partial charge in [0.1, 0.15) is 0 Å². The van der Waals surface area contributed by atoms with Gasteiger partial charge >= 0.3 is 0 Å². The fourth-order valence-electron chi connectivity index (χ4n) is 4.75. The van der Waals surface area contributed by atoms with Crippen LogP contribution in [0.1, 0.15) is 65.2 Å². The van der Waals surface area contributed by atoms with Gasteiger partial charge in [0, 0.05) is 31.7 Å². The second-order valence-electron chi connectivity index (χ2n) is 8.78. The number of piperazine rings is 1. The minimum absolute atomic E-state index is 0.00811. The molecule has 26 heavy (non-hydrogen) atoms. The molecular formula is C20H36N4O2. The third kappa shape index (κ3) is 4.77. The Hall–Kier alpha value is -1.14. The summed E-state index contributed by atoms with van der Waals surface area (Å²) in [5.74, 6) is 0.0641. The van der Waals surface area contributed by atoms with E-state index in [9.17, 15) is 9.59 Å². The molecule has 0 radical (unpaired) electrons. The van der Waals surface area contributed by atoms with Gasteiger partial charge in [-0.1, -0.05) is 25.7 Å². The zero-order chi connectivity index (χ0) is 18.6. The van der Waals surface area contributed by atoms with Crippen LogP contribution in [0.5, 0.6) is 0 Å². The molecule has 2 amide bonds. The lowest BCUT2D eigenvalue weighted by Gasteiger charge is -2.41. The van der Waals surface area contributed by atoms with Gasteiger partial charge in [0.05, 0.1) is 12.1 Å². The molecule has 3 rings (SSSR count). The predicted octanol–water partition coefficient (Wildman–Crippen LogP) is 1.50. The van der Waals surface area contributed by atoms with Crippen molar-refractivity contribution in [2.24, 2.45) is 0 Å². The van der Waals surface area contributed by atoms with E-state index >= 15 is 0 Å². The molecule has 0 aromatic heterocycles. The van der Waals surface area contributed by atoms with Crippen molar-refractivity contribution in [3.8, 4) is 0 Å². The van der Waals surface area contributed by atoms with Gasteiger partial charge in [0.25, 0.3) is 0 Å². The molecule has 2 heterocycles. The molecule has 2 aliphatic heterocycles. The van der Waals surface area contributed by atoms with Crippen LogP contribution in [-0.4, -0.2) is 72.0 Å². The van der Waals surface area contributed by atoms with E-state index in [4.69, 9.17) is 0 Å². The molecule has 2 N–H and O–H groups in total. The molecule has 3 aliphatic rings. The van der Waals surface area contributed by atoms with Crippen molar-refractivity contribution >= 4 is 11.8 Å². The van der Waals surface area contributed by atoms with Gasteiger partial charge in [0.2, 0.25) is 11.8 Å². The first-order valence-corrected chi connectivity index (χ1v) is 10.5. The summed E-state index contributed by atoms with van der Waals surface area (Å²) in [6.45, 7) is 7.60. The number of amides is 2. The number of hydrogen-bond acceptors (Lipinski definition) is 4. The van der Waals surface area contributed by atoms with Crippen LogP contribution < -0.4 is 10.6 Å². The van der Waals surface area contributed by atoms with Gasteiger partial charge in [-0.25, -0.2) is 0 Å². The van der Waals surface area contributed by atoms with Crippen LogP contribution in [0.2, 0.25) is 0 Å². The first-order valence-electron chi connectivity index (χ1n) is 10.5. The van der Waals surface area contributed by atoms with Crippen molar-refractivity contribution < 1.29 is 9.59 Å². The lowest BCUT2D eigenvalue weighted by atomic mass is 9.98. The average Bonchev–Trinajstić information content (AvgIpc) is 2.89. The number of likely N-dealkylation sites (tertiary alicyclic amines) is 1. The number of hydrogen-bond donors (Lipinski definition) is 2. The van der Waals surface area contributed by atoms with E-state index in [1.165, 1.54) is 51.5 Å². The maximum absolute atomic E-state index is 12.6. The first-order chi connectivity index (χ1) is 12.5. The number of carbonyl (C=O) groups excluding carboxylic acids is 2. The summed E-state index contributed by atoms with van der Waals surface area (Å²) >= 11 is 0. The minimum atomic E-state index is -0.617. The van der Waals surface area contributed by atoms with E-state index in [-0.39, 0.29) is 17.9 Å². The van der Waals surface area contributed by atoms with E-state index in [0.29, 0.717) is 19.1 Å². The molecule has 0 bridgehead atoms. The van der Waals surface area contributed by atoms with Gasteiger partial charge in [-0.05, 0) is 46.1 Å². The van der Waals surface area contributed by atoms with Gasteiger partial charge in [-0.2, -0.15) is 0 Å². The first kappa shape index (κ1) is 19.6. The Labute approximate surface area is 158 Å². The van der Waals surface area contributed by atoms with Gasteiger partial charge in [0.15, 0.2) is 0 Å². The highest BCUT2D eigenvalue weighted by Crippen LogP contribution is 2.25. The molecule has 0 aromatic rings. The molecule has 0 spiro atoms. The molecule has 1 aliphatic carbocycles. The van der Waals surface area contributed by atoms with Crippen LogP contribution in [0.15, 0.2) is 0 Å². The van der Waals surface area contributed by atoms with Crippen molar-refractivity contribution in [2.75, 3.05) is 32.7 Å². The third-order valence-corrected chi connectivity index (χ3v) is 6.51. The highest BCUT2D eigenvalue weighted by Gasteiger charge is 2.38. The highest BCUT2D eigenvalue weighted by molar-refractivity contribution is 5.87. The Kier molecular flexibility index (Phi) is 6.56. The van der Waals surface area contributed by atoms with E-state index in [1.807, 2.05) is 18.7 Å². The Morgan fingerprint density at radius 2 is 1.85 bits per heavy atom. The Balaban J connectivity index is 1.50. The standard InChI is InChI=1S/C20H36N4O2/c1-20(2)19(26)21-11-13-24(20)15-18(25)22-16-8-7-12-23(14-16)17-9-5-3-4-6-10-17/h16-17H,3-15H2,1-2H3,(H,21,26)(H,22,25)/t16-/m1/s1. The summed E-state index contributed by atoms with van der Waals surface area (Å²) in [5, 5.41) is 6.13. The van der Waals surface area contributed by atoms with Crippen molar-refractivity contribution in [1.82, 2.24) is 20.4 Å². The molecule has 6 nitrogen and oxygen atoms in total. The normalized spacial score (nSPS) is 29.0. The zero-order valence-corrected chi connectivity index (χ0v) is 16.6. The number of piperidine rings is 1. The molecule has 2 saturated heterocycles. The smallest absolute Gasteiger partial charge is 0.240 e. The van der Waals surface area contributed by atoms with Gasteiger partial charge in [-0.15, -0.1) is 0 Å². The minimum Gasteiger partial charge on any atom is -0.353 e. The number of nitrogens with zero attached hydrogens (tertiary/aromatic N) is 2. The molecule has 148 valence electrons. The maximum atomic E-state index is 12.6. The van der Waals surface area contributed by atoms with Crippen molar-refractivity contribution in [3.05, 3.63) is 0 Å². The predicted molar refractivity (Wildman–Crippen MR) is 103 cm³/mol. The van der Waals surface area contributed by atoms with E-state index in [0.717, 1.165) is 19.5 Å². The molecule has 1 saturated carbocycles. The SMILES string of the molecule is CC1(C)C(=O)NCCN1CC(=O)N[C@@H]1CCCN(C2CCCCCC2)C1. The van der Waals surface area contributed by atoms with Crippen molar-refractivity contribution in [2.45, 2.75) is 82.8 Å². The zero-order valence-electron chi connectivity index (χ0n) is 16.6. The third-order valence-electron chi connectivity index (χ3n) is 6.51. The quantitative estimate of drug-likeness (QED) is 0.742. The Bertz CT molecular complexity index is 500. The fraction of sp³-hybridized carbons (Fsp3) is 0.900. The second kappa shape index (κ2) is 8.70. The lowest BCUT2D eigenvalue weighted by molar-refractivity contribution is -0.137. The summed E-state index contributed by atoms with van der Waals surface area (Å²) in [5.41, 5.74) is -0.617. The molecular weight excluding hydrogens is 328 g/mol. The second-order valence-corrected chi connectivity index (χ2v) is 8.78. The summed E-state index contributed by atoms with van der Waals surface area (Å²) < 4.78 is 0. The summed E-state index contributed by atoms with van der Waals surface area (Å²) in [4.78, 5) is 29.3. The topological polar surface area (TPSA) is 64.7 Å². The molecule has 0 unspecified atom stereocenters. The summed E-state index contributed by atoms with van der Waals surface area (Å²) in [6.07, 6.45) is 10.3. The number of rotatable bonds is 4. The Morgan fingerprint density at radius 3 is 2.58 bits per heavy atom. The van der Waals surface area contributed by atoms with Crippen LogP contribution in [0.4, 0.5) is 0 Å². The van der Waals surface area contributed by atoms with Gasteiger partial charge in [-0.3, -0.25) is 19.4 Å². The van der Waals surface area contributed by atoms with Crippen LogP contribution in [0.25, 0.3) is 0 Å². The van der Waals surface area contributed by atoms with Crippen molar-refractivity contribution in [1.29, 1.82) is 0 Å². The fourth-order valence-corrected chi connectivity index (χ4v) is 4.75. The van der Waals surface area contributed by atoms with Crippen LogP contribution in [-0.2, 0) is 9.59 Å². The summed E-state index contributed by atoms with van der Waals surface area (Å²) in [6, 6.07) is 0.961. The number of carbonyl (C=O) groups is 2. The molecule has 6 heteroatoms. The monoisotopic (exact) mass is 364 g/mol.